The molecule has 3 atom stereocenters. The Kier molecular flexibility index (Phi) is 11.4. The predicted molar refractivity (Wildman–Crippen MR) is 141 cm³/mol. The fourth-order valence-electron chi connectivity index (χ4n) is 4.38. The Morgan fingerprint density at radius 2 is 0.857 bits per heavy atom. The molecule has 3 unspecified atom stereocenters. The number of hydrogen-bond donors (Lipinski definition) is 3. The molecule has 0 bridgehead atoms. The summed E-state index contributed by atoms with van der Waals surface area (Å²) >= 11 is 0. The highest BCUT2D eigenvalue weighted by molar-refractivity contribution is 6.14. The molecule has 0 aromatic rings. The number of carbonyl (C=O) groups is 6. The van der Waals surface area contributed by atoms with Gasteiger partial charge < -0.3 is 29.5 Å². The molecule has 15 nitrogen and oxygen atoms in total. The van der Waals surface area contributed by atoms with Crippen LogP contribution >= 0.6 is 0 Å². The van der Waals surface area contributed by atoms with Gasteiger partial charge in [0, 0.05) is 16.7 Å². The summed E-state index contributed by atoms with van der Waals surface area (Å²) < 4.78 is 16.6. The summed E-state index contributed by atoms with van der Waals surface area (Å²) in [6, 6.07) is 0. The molecule has 0 radical (unpaired) electrons. The minimum atomic E-state index is -1.26. The molecular formula is C27H35N3O12. The molecule has 0 aromatic carbocycles. The van der Waals surface area contributed by atoms with Gasteiger partial charge in [0.15, 0.2) is 0 Å². The maximum absolute atomic E-state index is 12.0. The first kappa shape index (κ1) is 32.9. The van der Waals surface area contributed by atoms with Crippen LogP contribution in [0, 0.1) is 0 Å². The second-order valence-corrected chi connectivity index (χ2v) is 10.3. The van der Waals surface area contributed by atoms with Crippen molar-refractivity contribution in [1.82, 2.24) is 14.7 Å². The Morgan fingerprint density at radius 1 is 0.548 bits per heavy atom. The molecule has 6 amide bonds. The van der Waals surface area contributed by atoms with Crippen LogP contribution in [0.5, 0.6) is 0 Å². The van der Waals surface area contributed by atoms with Crippen LogP contribution < -0.4 is 0 Å². The van der Waals surface area contributed by atoms with Gasteiger partial charge in [-0.05, 0) is 0 Å². The van der Waals surface area contributed by atoms with Crippen molar-refractivity contribution in [2.45, 2.75) is 43.7 Å². The number of β-amino-alcohol motifs (C(OH)–C–C–N with tert-alkyl or cyclic N) is 3. The molecule has 0 aromatic heterocycles. The number of aliphatic hydroxyl groups excluding tert-OH is 3. The van der Waals surface area contributed by atoms with E-state index in [9.17, 15) is 44.1 Å². The molecule has 3 saturated heterocycles. The second kappa shape index (κ2) is 14.5. The van der Waals surface area contributed by atoms with Crippen molar-refractivity contribution in [1.29, 1.82) is 0 Å². The Labute approximate surface area is 241 Å². The third-order valence-electron chi connectivity index (χ3n) is 6.57. The van der Waals surface area contributed by atoms with E-state index in [1.165, 1.54) is 0 Å². The molecular weight excluding hydrogens is 558 g/mol. The average Bonchev–Trinajstić information content (AvgIpc) is 3.41. The Balaban J connectivity index is 1.49. The summed E-state index contributed by atoms with van der Waals surface area (Å²) in [5.74, 6) is -3.17. The van der Waals surface area contributed by atoms with Crippen molar-refractivity contribution in [3.05, 3.63) is 36.5 Å². The summed E-state index contributed by atoms with van der Waals surface area (Å²) in [6.45, 7) is 8.28. The average molecular weight is 594 g/mol. The Bertz CT molecular complexity index is 1110. The summed E-state index contributed by atoms with van der Waals surface area (Å²) in [7, 11) is 0. The van der Waals surface area contributed by atoms with E-state index in [0.29, 0.717) is 0 Å². The third-order valence-corrected chi connectivity index (χ3v) is 6.57. The number of hydrogen-bond acceptors (Lipinski definition) is 12. The van der Waals surface area contributed by atoms with E-state index in [0.717, 1.165) is 14.7 Å². The number of likely N-dealkylation sites (tertiary alicyclic amines) is 3. The fourth-order valence-corrected chi connectivity index (χ4v) is 4.38. The molecule has 3 rings (SSSR count). The van der Waals surface area contributed by atoms with Gasteiger partial charge in [-0.3, -0.25) is 43.5 Å². The number of nitrogens with zero attached hydrogens (tertiary/aromatic N) is 3. The zero-order valence-corrected chi connectivity index (χ0v) is 23.1. The van der Waals surface area contributed by atoms with Crippen molar-refractivity contribution in [3.8, 4) is 0 Å². The maximum atomic E-state index is 12.0. The lowest BCUT2D eigenvalue weighted by Gasteiger charge is -2.24. The van der Waals surface area contributed by atoms with E-state index in [1.54, 1.807) is 0 Å². The molecule has 0 saturated carbocycles. The van der Waals surface area contributed by atoms with Crippen LogP contribution in [-0.4, -0.2) is 143 Å². The van der Waals surface area contributed by atoms with Crippen molar-refractivity contribution in [2.24, 2.45) is 0 Å². The third kappa shape index (κ3) is 8.47. The molecule has 3 aliphatic rings. The van der Waals surface area contributed by atoms with Crippen LogP contribution in [0.25, 0.3) is 0 Å². The van der Waals surface area contributed by atoms with Gasteiger partial charge in [0.05, 0.1) is 90.2 Å². The zero-order chi connectivity index (χ0) is 31.1. The topological polar surface area (TPSA) is 201 Å². The number of imide groups is 3. The molecule has 42 heavy (non-hydrogen) atoms. The normalized spacial score (nSPS) is 20.9. The predicted octanol–water partition coefficient (Wildman–Crippen LogP) is -2.57. The van der Waals surface area contributed by atoms with Crippen LogP contribution in [0.1, 0.15) is 19.3 Å². The number of rotatable bonds is 17. The molecule has 0 aliphatic carbocycles. The first-order valence-corrected chi connectivity index (χ1v) is 13.2. The van der Waals surface area contributed by atoms with Crippen LogP contribution in [0.2, 0.25) is 0 Å². The molecule has 15 heteroatoms. The lowest BCUT2D eigenvalue weighted by atomic mass is 10.3. The Morgan fingerprint density at radius 3 is 1.14 bits per heavy atom. The summed E-state index contributed by atoms with van der Waals surface area (Å²) in [4.78, 5) is 74.4. The largest absolute Gasteiger partial charge is 0.389 e. The maximum Gasteiger partial charge on any atom is 0.256 e. The lowest BCUT2D eigenvalue weighted by molar-refractivity contribution is -0.143. The SMILES string of the molecule is C=C1CC(=O)N(CC(O)COCC(COCC(O)CN2C(=O)CC(=C)C2=O)OCC(O)CN2C(=O)CC(=C)C2=O)C1=O. The van der Waals surface area contributed by atoms with Crippen LogP contribution in [0.4, 0.5) is 0 Å². The number of aliphatic hydroxyl groups is 3. The minimum Gasteiger partial charge on any atom is -0.389 e. The van der Waals surface area contributed by atoms with Crippen LogP contribution in [0.15, 0.2) is 36.5 Å². The smallest absolute Gasteiger partial charge is 0.256 e. The van der Waals surface area contributed by atoms with Crippen molar-refractivity contribution in [3.63, 3.8) is 0 Å². The highest BCUT2D eigenvalue weighted by atomic mass is 16.6. The molecule has 3 aliphatic heterocycles. The van der Waals surface area contributed by atoms with Gasteiger partial charge in [-0.1, -0.05) is 19.7 Å². The van der Waals surface area contributed by atoms with E-state index < -0.39 is 59.9 Å². The number of ether oxygens (including phenoxy) is 3. The summed E-state index contributed by atoms with van der Waals surface area (Å²) in [5.41, 5.74) is 0.377. The summed E-state index contributed by atoms with van der Waals surface area (Å²) in [6.07, 6.45) is -4.96. The zero-order valence-electron chi connectivity index (χ0n) is 23.1. The number of carbonyl (C=O) groups excluding carboxylic acids is 6. The molecule has 3 fully saturated rings. The van der Waals surface area contributed by atoms with E-state index in [4.69, 9.17) is 14.2 Å². The minimum absolute atomic E-state index is 0.119. The fraction of sp³-hybridized carbons (Fsp3) is 0.556. The lowest BCUT2D eigenvalue weighted by Crippen LogP contribution is -2.41. The first-order valence-electron chi connectivity index (χ1n) is 13.2. The van der Waals surface area contributed by atoms with Gasteiger partial charge in [0.25, 0.3) is 17.7 Å². The number of amides is 6. The molecule has 0 spiro atoms. The van der Waals surface area contributed by atoms with Gasteiger partial charge in [0.1, 0.15) is 6.10 Å². The molecule has 230 valence electrons. The van der Waals surface area contributed by atoms with E-state index in [2.05, 4.69) is 19.7 Å². The Hall–Kier alpha value is -3.60. The van der Waals surface area contributed by atoms with Gasteiger partial charge in [-0.25, -0.2) is 0 Å². The van der Waals surface area contributed by atoms with Crippen molar-refractivity contribution in [2.75, 3.05) is 52.7 Å². The van der Waals surface area contributed by atoms with E-state index in [-0.39, 0.29) is 88.7 Å². The first-order chi connectivity index (χ1) is 19.8. The standard InChI is InChI=1S/C27H35N3O12/c1-15-4-22(34)28(25(15)37)7-18(31)10-40-13-21(42-12-20(33)9-30-24(36)6-17(3)27(30)39)14-41-11-19(32)8-29-23(35)5-16(2)26(29)38/h18-21,31-33H,1-14H2. The van der Waals surface area contributed by atoms with Gasteiger partial charge >= 0.3 is 0 Å². The second-order valence-electron chi connectivity index (χ2n) is 10.3. The van der Waals surface area contributed by atoms with Crippen LogP contribution in [-0.2, 0) is 43.0 Å². The van der Waals surface area contributed by atoms with Gasteiger partial charge in [-0.2, -0.15) is 0 Å². The quantitative estimate of drug-likeness (QED) is 0.118. The van der Waals surface area contributed by atoms with E-state index in [1.807, 2.05) is 0 Å². The highest BCUT2D eigenvalue weighted by Crippen LogP contribution is 2.19. The van der Waals surface area contributed by atoms with Gasteiger partial charge in [0.2, 0.25) is 17.7 Å². The highest BCUT2D eigenvalue weighted by Gasteiger charge is 2.36. The van der Waals surface area contributed by atoms with Crippen molar-refractivity contribution >= 4 is 35.4 Å². The van der Waals surface area contributed by atoms with E-state index >= 15 is 0 Å². The van der Waals surface area contributed by atoms with Crippen molar-refractivity contribution < 1.29 is 58.3 Å². The molecule has 3 heterocycles. The molecule has 3 N–H and O–H groups in total. The summed E-state index contributed by atoms with van der Waals surface area (Å²) in [5, 5.41) is 30.9. The monoisotopic (exact) mass is 593 g/mol. The van der Waals surface area contributed by atoms with Gasteiger partial charge in [-0.15, -0.1) is 0 Å². The van der Waals surface area contributed by atoms with Crippen LogP contribution in [0.3, 0.4) is 0 Å².